The second-order valence-corrected chi connectivity index (χ2v) is 4.37. The van der Waals surface area contributed by atoms with E-state index < -0.39 is 0 Å². The highest BCUT2D eigenvalue weighted by atomic mass is 35.5. The number of benzene rings is 1. The Hall–Kier alpha value is -1.09. The first kappa shape index (κ1) is 14.0. The average Bonchev–Trinajstić information content (AvgIpc) is 2.29. The Morgan fingerprint density at radius 2 is 2.24 bits per heavy atom. The summed E-state index contributed by atoms with van der Waals surface area (Å²) >= 11 is 5.53. The van der Waals surface area contributed by atoms with Crippen molar-refractivity contribution in [1.82, 2.24) is 5.32 Å². The normalized spacial score (nSPS) is 12.2. The van der Waals surface area contributed by atoms with Crippen molar-refractivity contribution in [3.63, 3.8) is 0 Å². The van der Waals surface area contributed by atoms with Crippen LogP contribution >= 0.6 is 11.6 Å². The van der Waals surface area contributed by atoms with E-state index in [0.29, 0.717) is 12.3 Å². The maximum absolute atomic E-state index is 13.0. The third-order valence-corrected chi connectivity index (χ3v) is 2.78. The molecule has 0 spiro atoms. The van der Waals surface area contributed by atoms with Gasteiger partial charge in [-0.25, -0.2) is 4.39 Å². The highest BCUT2D eigenvalue weighted by molar-refractivity contribution is 6.17. The number of amides is 1. The summed E-state index contributed by atoms with van der Waals surface area (Å²) < 4.78 is 13.0. The molecule has 1 aromatic rings. The first-order valence-corrected chi connectivity index (χ1v) is 6.27. The van der Waals surface area contributed by atoms with Gasteiger partial charge in [0.05, 0.1) is 6.04 Å². The molecule has 0 aromatic heterocycles. The first-order valence-electron chi connectivity index (χ1n) is 5.74. The minimum absolute atomic E-state index is 0.0214. The van der Waals surface area contributed by atoms with Gasteiger partial charge >= 0.3 is 0 Å². The zero-order valence-electron chi connectivity index (χ0n) is 9.88. The third-order valence-electron chi connectivity index (χ3n) is 2.51. The van der Waals surface area contributed by atoms with Crippen LogP contribution in [0.5, 0.6) is 0 Å². The molecule has 4 heteroatoms. The molecule has 1 unspecified atom stereocenters. The van der Waals surface area contributed by atoms with Gasteiger partial charge in [-0.15, -0.1) is 11.6 Å². The highest BCUT2D eigenvalue weighted by Crippen LogP contribution is 2.13. The van der Waals surface area contributed by atoms with Gasteiger partial charge in [0, 0.05) is 12.3 Å². The fourth-order valence-corrected chi connectivity index (χ4v) is 1.74. The SMILES string of the molecule is CC(NC(=O)CCCCCl)c1cccc(F)c1. The predicted octanol–water partition coefficient (Wildman–Crippen LogP) is 3.41. The first-order chi connectivity index (χ1) is 8.13. The lowest BCUT2D eigenvalue weighted by Gasteiger charge is -2.14. The molecule has 0 heterocycles. The zero-order chi connectivity index (χ0) is 12.7. The van der Waals surface area contributed by atoms with Gasteiger partial charge in [-0.05, 0) is 37.5 Å². The molecular formula is C13H17ClFNO. The van der Waals surface area contributed by atoms with Crippen molar-refractivity contribution >= 4 is 17.5 Å². The lowest BCUT2D eigenvalue weighted by molar-refractivity contribution is -0.121. The molecule has 0 fully saturated rings. The number of carbonyl (C=O) groups excluding carboxylic acids is 1. The molecule has 0 saturated carbocycles. The van der Waals surface area contributed by atoms with Crippen molar-refractivity contribution < 1.29 is 9.18 Å². The summed E-state index contributed by atoms with van der Waals surface area (Å²) in [7, 11) is 0. The zero-order valence-corrected chi connectivity index (χ0v) is 10.6. The number of carbonyl (C=O) groups is 1. The molecule has 1 amide bonds. The minimum Gasteiger partial charge on any atom is -0.350 e. The van der Waals surface area contributed by atoms with E-state index in [1.165, 1.54) is 12.1 Å². The number of alkyl halides is 1. The van der Waals surface area contributed by atoms with Crippen molar-refractivity contribution in [1.29, 1.82) is 0 Å². The fourth-order valence-electron chi connectivity index (χ4n) is 1.55. The van der Waals surface area contributed by atoms with E-state index in [4.69, 9.17) is 11.6 Å². The minimum atomic E-state index is -0.286. The Balaban J connectivity index is 2.43. The summed E-state index contributed by atoms with van der Waals surface area (Å²) in [5.41, 5.74) is 0.774. The van der Waals surface area contributed by atoms with Crippen LogP contribution in [0.1, 0.15) is 37.8 Å². The summed E-state index contributed by atoms with van der Waals surface area (Å²) in [6.07, 6.45) is 2.08. The molecule has 17 heavy (non-hydrogen) atoms. The topological polar surface area (TPSA) is 29.1 Å². The maximum Gasteiger partial charge on any atom is 0.220 e. The van der Waals surface area contributed by atoms with E-state index in [1.807, 2.05) is 6.92 Å². The second-order valence-electron chi connectivity index (χ2n) is 3.99. The fraction of sp³-hybridized carbons (Fsp3) is 0.462. The molecule has 1 atom stereocenters. The standard InChI is InChI=1S/C13H17ClFNO/c1-10(11-5-4-6-12(15)9-11)16-13(17)7-2-3-8-14/h4-6,9-10H,2-3,7-8H2,1H3,(H,16,17). The molecular weight excluding hydrogens is 241 g/mol. The van der Waals surface area contributed by atoms with Crippen LogP contribution in [0.25, 0.3) is 0 Å². The van der Waals surface area contributed by atoms with Crippen LogP contribution < -0.4 is 5.32 Å². The molecule has 0 aliphatic rings. The van der Waals surface area contributed by atoms with Gasteiger partial charge in [0.1, 0.15) is 5.82 Å². The van der Waals surface area contributed by atoms with E-state index in [2.05, 4.69) is 5.32 Å². The largest absolute Gasteiger partial charge is 0.350 e. The molecule has 1 aromatic carbocycles. The van der Waals surface area contributed by atoms with Crippen LogP contribution in [0.3, 0.4) is 0 Å². The molecule has 0 radical (unpaired) electrons. The third kappa shape index (κ3) is 5.18. The van der Waals surface area contributed by atoms with Crippen molar-refractivity contribution in [2.75, 3.05) is 5.88 Å². The average molecular weight is 258 g/mol. The Kier molecular flexibility index (Phi) is 5.98. The van der Waals surface area contributed by atoms with Gasteiger partial charge in [0.15, 0.2) is 0 Å². The number of hydrogen-bond acceptors (Lipinski definition) is 1. The molecule has 2 nitrogen and oxygen atoms in total. The Bertz CT molecular complexity index is 370. The van der Waals surface area contributed by atoms with Crippen LogP contribution in [0.2, 0.25) is 0 Å². The summed E-state index contributed by atoms with van der Waals surface area (Å²) in [6.45, 7) is 1.84. The molecule has 0 aliphatic heterocycles. The summed E-state index contributed by atoms with van der Waals surface area (Å²) in [5, 5.41) is 2.83. The number of unbranched alkanes of at least 4 members (excludes halogenated alkanes) is 1. The number of nitrogens with one attached hydrogen (secondary N) is 1. The summed E-state index contributed by atoms with van der Waals surface area (Å²) in [5.74, 6) is 0.268. The maximum atomic E-state index is 13.0. The van der Waals surface area contributed by atoms with Gasteiger partial charge in [0.25, 0.3) is 0 Å². The number of rotatable bonds is 6. The lowest BCUT2D eigenvalue weighted by atomic mass is 10.1. The molecule has 1 rings (SSSR count). The molecule has 94 valence electrons. The van der Waals surface area contributed by atoms with Crippen LogP contribution in [-0.4, -0.2) is 11.8 Å². The van der Waals surface area contributed by atoms with Crippen LogP contribution in [0, 0.1) is 5.82 Å². The van der Waals surface area contributed by atoms with Gasteiger partial charge in [0.2, 0.25) is 5.91 Å². The van der Waals surface area contributed by atoms with Crippen molar-refractivity contribution in [3.05, 3.63) is 35.6 Å². The smallest absolute Gasteiger partial charge is 0.220 e. The van der Waals surface area contributed by atoms with Gasteiger partial charge in [-0.1, -0.05) is 12.1 Å². The number of halogens is 2. The van der Waals surface area contributed by atoms with Crippen LogP contribution in [-0.2, 0) is 4.79 Å². The van der Waals surface area contributed by atoms with Crippen molar-refractivity contribution in [3.8, 4) is 0 Å². The van der Waals surface area contributed by atoms with Crippen LogP contribution in [0.15, 0.2) is 24.3 Å². The van der Waals surface area contributed by atoms with Crippen LogP contribution in [0.4, 0.5) is 4.39 Å². The Morgan fingerprint density at radius 3 is 2.88 bits per heavy atom. The van der Waals surface area contributed by atoms with Gasteiger partial charge in [-0.3, -0.25) is 4.79 Å². The molecule has 0 aliphatic carbocycles. The van der Waals surface area contributed by atoms with Gasteiger partial charge in [-0.2, -0.15) is 0 Å². The predicted molar refractivity (Wildman–Crippen MR) is 67.5 cm³/mol. The van der Waals surface area contributed by atoms with Crippen molar-refractivity contribution in [2.24, 2.45) is 0 Å². The quantitative estimate of drug-likeness (QED) is 0.614. The van der Waals surface area contributed by atoms with Crippen molar-refractivity contribution in [2.45, 2.75) is 32.2 Å². The molecule has 0 saturated heterocycles. The van der Waals surface area contributed by atoms with E-state index in [1.54, 1.807) is 12.1 Å². The monoisotopic (exact) mass is 257 g/mol. The van der Waals surface area contributed by atoms with E-state index in [-0.39, 0.29) is 17.8 Å². The number of hydrogen-bond donors (Lipinski definition) is 1. The Morgan fingerprint density at radius 1 is 1.47 bits per heavy atom. The second kappa shape index (κ2) is 7.28. The van der Waals surface area contributed by atoms with E-state index in [0.717, 1.165) is 18.4 Å². The molecule has 1 N–H and O–H groups in total. The highest BCUT2D eigenvalue weighted by Gasteiger charge is 2.09. The summed E-state index contributed by atoms with van der Waals surface area (Å²) in [4.78, 5) is 11.5. The summed E-state index contributed by atoms with van der Waals surface area (Å²) in [6, 6.07) is 6.09. The van der Waals surface area contributed by atoms with E-state index in [9.17, 15) is 9.18 Å². The van der Waals surface area contributed by atoms with E-state index >= 15 is 0 Å². The Labute approximate surface area is 106 Å². The molecule has 0 bridgehead atoms. The van der Waals surface area contributed by atoms with Gasteiger partial charge < -0.3 is 5.32 Å². The lowest BCUT2D eigenvalue weighted by Crippen LogP contribution is -2.26.